The standard InChI is InChI=1S/C12H18N2S/c1-10(11-6-5-9-15-11)14-12-7-3-2-4-8-13-12/h5-6,9-10H,2-4,7-8H2,1H3,(H,13,14). The number of nitrogens with one attached hydrogen (secondary N) is 1. The third-order valence-electron chi connectivity index (χ3n) is 2.73. The Hall–Kier alpha value is -0.830. The van der Waals surface area contributed by atoms with Gasteiger partial charge in [-0.05, 0) is 31.2 Å². The Balaban J connectivity index is 1.93. The molecule has 1 N–H and O–H groups in total. The highest BCUT2D eigenvalue weighted by atomic mass is 32.1. The van der Waals surface area contributed by atoms with Crippen molar-refractivity contribution in [2.24, 2.45) is 4.99 Å². The van der Waals surface area contributed by atoms with Gasteiger partial charge in [0.25, 0.3) is 0 Å². The lowest BCUT2D eigenvalue weighted by Crippen LogP contribution is -2.25. The third kappa shape index (κ3) is 3.06. The van der Waals surface area contributed by atoms with E-state index in [0.717, 1.165) is 13.0 Å². The van der Waals surface area contributed by atoms with Crippen molar-refractivity contribution >= 4 is 17.2 Å². The summed E-state index contributed by atoms with van der Waals surface area (Å²) in [4.78, 5) is 5.97. The fraction of sp³-hybridized carbons (Fsp3) is 0.583. The molecule has 0 saturated carbocycles. The lowest BCUT2D eigenvalue weighted by molar-refractivity contribution is 0.703. The topological polar surface area (TPSA) is 24.4 Å². The molecule has 0 radical (unpaired) electrons. The molecule has 2 heterocycles. The SMILES string of the molecule is CC(NC1=NCCCCC1)c1cccs1. The van der Waals surface area contributed by atoms with Crippen molar-refractivity contribution in [3.8, 4) is 0 Å². The second-order valence-corrected chi connectivity index (χ2v) is 5.00. The van der Waals surface area contributed by atoms with Crippen molar-refractivity contribution in [3.05, 3.63) is 22.4 Å². The van der Waals surface area contributed by atoms with Crippen molar-refractivity contribution in [1.82, 2.24) is 5.32 Å². The third-order valence-corrected chi connectivity index (χ3v) is 3.78. The maximum atomic E-state index is 4.58. The zero-order valence-corrected chi connectivity index (χ0v) is 10.0. The van der Waals surface area contributed by atoms with Crippen molar-refractivity contribution in [2.75, 3.05) is 6.54 Å². The fourth-order valence-corrected chi connectivity index (χ4v) is 2.59. The molecule has 0 saturated heterocycles. The Labute approximate surface area is 95.4 Å². The second-order valence-electron chi connectivity index (χ2n) is 4.02. The van der Waals surface area contributed by atoms with Gasteiger partial charge in [-0.15, -0.1) is 11.3 Å². The molecule has 1 aromatic heterocycles. The van der Waals surface area contributed by atoms with Gasteiger partial charge < -0.3 is 5.32 Å². The highest BCUT2D eigenvalue weighted by molar-refractivity contribution is 7.10. The zero-order valence-electron chi connectivity index (χ0n) is 9.20. The van der Waals surface area contributed by atoms with Crippen LogP contribution in [0.3, 0.4) is 0 Å². The number of aliphatic imine (C=N–C) groups is 1. The van der Waals surface area contributed by atoms with Crippen LogP contribution in [0.25, 0.3) is 0 Å². The molecule has 2 nitrogen and oxygen atoms in total. The number of hydrogen-bond acceptors (Lipinski definition) is 3. The molecule has 2 rings (SSSR count). The van der Waals surface area contributed by atoms with Crippen LogP contribution in [0, 0.1) is 0 Å². The number of rotatable bonds is 2. The molecule has 1 unspecified atom stereocenters. The predicted octanol–water partition coefficient (Wildman–Crippen LogP) is 3.37. The molecule has 0 fully saturated rings. The van der Waals surface area contributed by atoms with Crippen LogP contribution < -0.4 is 5.32 Å². The van der Waals surface area contributed by atoms with Crippen LogP contribution in [0.4, 0.5) is 0 Å². The van der Waals surface area contributed by atoms with Crippen molar-refractivity contribution < 1.29 is 0 Å². The normalized spacial score (nSPS) is 19.1. The Morgan fingerprint density at radius 1 is 1.40 bits per heavy atom. The van der Waals surface area contributed by atoms with Gasteiger partial charge in [0.2, 0.25) is 0 Å². The summed E-state index contributed by atoms with van der Waals surface area (Å²) in [6.07, 6.45) is 4.97. The summed E-state index contributed by atoms with van der Waals surface area (Å²) < 4.78 is 0. The Morgan fingerprint density at radius 3 is 3.13 bits per heavy atom. The van der Waals surface area contributed by atoms with E-state index in [1.807, 2.05) is 11.3 Å². The molecule has 0 aromatic carbocycles. The van der Waals surface area contributed by atoms with Gasteiger partial charge in [0.15, 0.2) is 0 Å². The number of amidine groups is 1. The van der Waals surface area contributed by atoms with Crippen molar-refractivity contribution in [2.45, 2.75) is 38.6 Å². The first-order chi connectivity index (χ1) is 7.36. The largest absolute Gasteiger partial charge is 0.367 e. The number of thiophene rings is 1. The van der Waals surface area contributed by atoms with E-state index in [4.69, 9.17) is 0 Å². The average Bonchev–Trinajstić information content (AvgIpc) is 2.65. The van der Waals surface area contributed by atoms with Gasteiger partial charge >= 0.3 is 0 Å². The van der Waals surface area contributed by atoms with Crippen LogP contribution in [-0.2, 0) is 0 Å². The fourth-order valence-electron chi connectivity index (χ4n) is 1.85. The van der Waals surface area contributed by atoms with Crippen LogP contribution in [0.1, 0.15) is 43.5 Å². The lowest BCUT2D eigenvalue weighted by Gasteiger charge is -2.14. The second kappa shape index (κ2) is 5.31. The van der Waals surface area contributed by atoms with Crippen LogP contribution in [0.5, 0.6) is 0 Å². The monoisotopic (exact) mass is 222 g/mol. The molecular formula is C12H18N2S. The Bertz CT molecular complexity index is 316. The zero-order chi connectivity index (χ0) is 10.5. The number of hydrogen-bond donors (Lipinski definition) is 1. The van der Waals surface area contributed by atoms with Gasteiger partial charge in [-0.1, -0.05) is 12.5 Å². The van der Waals surface area contributed by atoms with Gasteiger partial charge in [-0.3, -0.25) is 4.99 Å². The summed E-state index contributed by atoms with van der Waals surface area (Å²) in [5.41, 5.74) is 0. The molecule has 0 bridgehead atoms. The van der Waals surface area contributed by atoms with Crippen LogP contribution in [0.2, 0.25) is 0 Å². The molecule has 82 valence electrons. The van der Waals surface area contributed by atoms with Gasteiger partial charge in [0.1, 0.15) is 0 Å². The maximum absolute atomic E-state index is 4.58. The van der Waals surface area contributed by atoms with E-state index in [1.54, 1.807) is 0 Å². The van der Waals surface area contributed by atoms with E-state index in [2.05, 4.69) is 34.7 Å². The first-order valence-corrected chi connectivity index (χ1v) is 6.57. The summed E-state index contributed by atoms with van der Waals surface area (Å²) in [5.74, 6) is 1.20. The predicted molar refractivity (Wildman–Crippen MR) is 66.6 cm³/mol. The molecule has 1 aliphatic heterocycles. The molecule has 1 aromatic rings. The molecular weight excluding hydrogens is 204 g/mol. The van der Waals surface area contributed by atoms with E-state index in [1.165, 1.54) is 30.0 Å². The summed E-state index contributed by atoms with van der Waals surface area (Å²) in [6.45, 7) is 3.21. The minimum atomic E-state index is 0.404. The van der Waals surface area contributed by atoms with E-state index in [-0.39, 0.29) is 0 Å². The van der Waals surface area contributed by atoms with E-state index in [9.17, 15) is 0 Å². The summed E-state index contributed by atoms with van der Waals surface area (Å²) >= 11 is 1.81. The van der Waals surface area contributed by atoms with Gasteiger partial charge in [0, 0.05) is 17.8 Å². The lowest BCUT2D eigenvalue weighted by atomic mass is 10.2. The molecule has 1 aliphatic rings. The molecule has 0 spiro atoms. The van der Waals surface area contributed by atoms with Crippen molar-refractivity contribution in [3.63, 3.8) is 0 Å². The molecule has 15 heavy (non-hydrogen) atoms. The van der Waals surface area contributed by atoms with Crippen LogP contribution >= 0.6 is 11.3 Å². The average molecular weight is 222 g/mol. The van der Waals surface area contributed by atoms with Crippen LogP contribution in [-0.4, -0.2) is 12.4 Å². The molecule has 1 atom stereocenters. The van der Waals surface area contributed by atoms with Crippen LogP contribution in [0.15, 0.2) is 22.5 Å². The first-order valence-electron chi connectivity index (χ1n) is 5.69. The summed E-state index contributed by atoms with van der Waals surface area (Å²) in [7, 11) is 0. The minimum absolute atomic E-state index is 0.404. The van der Waals surface area contributed by atoms with Gasteiger partial charge in [-0.25, -0.2) is 0 Å². The summed E-state index contributed by atoms with van der Waals surface area (Å²) in [6, 6.07) is 4.69. The number of nitrogens with zero attached hydrogens (tertiary/aromatic N) is 1. The van der Waals surface area contributed by atoms with E-state index >= 15 is 0 Å². The first kappa shape index (κ1) is 10.7. The van der Waals surface area contributed by atoms with Gasteiger partial charge in [0.05, 0.1) is 11.9 Å². The Morgan fingerprint density at radius 2 is 2.33 bits per heavy atom. The smallest absolute Gasteiger partial charge is 0.0967 e. The van der Waals surface area contributed by atoms with E-state index < -0.39 is 0 Å². The molecule has 0 aliphatic carbocycles. The Kier molecular flexibility index (Phi) is 3.78. The van der Waals surface area contributed by atoms with Gasteiger partial charge in [-0.2, -0.15) is 0 Å². The quantitative estimate of drug-likeness (QED) is 0.815. The highest BCUT2D eigenvalue weighted by Gasteiger charge is 2.09. The maximum Gasteiger partial charge on any atom is 0.0967 e. The molecule has 3 heteroatoms. The highest BCUT2D eigenvalue weighted by Crippen LogP contribution is 2.19. The van der Waals surface area contributed by atoms with Crippen molar-refractivity contribution in [1.29, 1.82) is 0 Å². The summed E-state index contributed by atoms with van der Waals surface area (Å²) in [5, 5.41) is 5.65. The van der Waals surface area contributed by atoms with E-state index in [0.29, 0.717) is 6.04 Å². The molecule has 0 amide bonds. The minimum Gasteiger partial charge on any atom is -0.367 e.